The fraction of sp³-hybridized carbons (Fsp3) is 0.286. The van der Waals surface area contributed by atoms with Crippen LogP contribution in [0.1, 0.15) is 43.9 Å². The van der Waals surface area contributed by atoms with E-state index in [0.717, 1.165) is 37.7 Å². The second-order valence-electron chi connectivity index (χ2n) is 9.28. The van der Waals surface area contributed by atoms with Crippen LogP contribution in [-0.4, -0.2) is 32.1 Å². The maximum atomic E-state index is 12.9. The second-order valence-corrected chi connectivity index (χ2v) is 10.5. The molecule has 0 aliphatic carbocycles. The SMILES string of the molecule is Cc1sc(NC(=O)c2ccco2)c(C(c2cccc[nH+]2)[NH+]2CC[NH+](Cc3ccccc3)CC2)c1C. The molecule has 1 aliphatic heterocycles. The van der Waals surface area contributed by atoms with Crippen LogP contribution in [0.3, 0.4) is 0 Å². The van der Waals surface area contributed by atoms with E-state index in [-0.39, 0.29) is 11.9 Å². The number of aromatic amines is 1. The lowest BCUT2D eigenvalue weighted by atomic mass is 9.97. The molecule has 0 saturated carbocycles. The Balaban J connectivity index is 1.42. The van der Waals surface area contributed by atoms with Gasteiger partial charge in [0, 0.05) is 22.6 Å². The van der Waals surface area contributed by atoms with Gasteiger partial charge in [0.15, 0.2) is 12.0 Å². The lowest BCUT2D eigenvalue weighted by Gasteiger charge is -2.33. The molecule has 1 unspecified atom stereocenters. The minimum Gasteiger partial charge on any atom is -0.459 e. The number of quaternary nitrogens is 2. The smallest absolute Gasteiger partial charge is 0.291 e. The van der Waals surface area contributed by atoms with E-state index in [2.05, 4.69) is 66.6 Å². The van der Waals surface area contributed by atoms with E-state index in [1.54, 1.807) is 28.4 Å². The van der Waals surface area contributed by atoms with E-state index in [1.807, 2.05) is 12.3 Å². The van der Waals surface area contributed by atoms with Crippen LogP contribution in [0.15, 0.2) is 77.5 Å². The van der Waals surface area contributed by atoms with Gasteiger partial charge in [0.25, 0.3) is 5.91 Å². The number of rotatable bonds is 7. The van der Waals surface area contributed by atoms with Gasteiger partial charge in [-0.05, 0) is 37.6 Å². The fourth-order valence-electron chi connectivity index (χ4n) is 5.10. The third-order valence-electron chi connectivity index (χ3n) is 7.04. The lowest BCUT2D eigenvalue weighted by molar-refractivity contribution is -1.03. The molecular formula is C28H33N4O2S+3. The third-order valence-corrected chi connectivity index (χ3v) is 8.18. The first-order valence-corrected chi connectivity index (χ1v) is 13.0. The van der Waals surface area contributed by atoms with Crippen LogP contribution in [-0.2, 0) is 6.54 Å². The number of nitrogens with one attached hydrogen (secondary N) is 4. The van der Waals surface area contributed by atoms with Crippen molar-refractivity contribution in [1.29, 1.82) is 0 Å². The predicted molar refractivity (Wildman–Crippen MR) is 137 cm³/mol. The molecule has 4 aromatic rings. The molecule has 4 heterocycles. The Kier molecular flexibility index (Phi) is 7.08. The summed E-state index contributed by atoms with van der Waals surface area (Å²) in [6.45, 7) is 9.74. The van der Waals surface area contributed by atoms with E-state index in [4.69, 9.17) is 4.42 Å². The summed E-state index contributed by atoms with van der Waals surface area (Å²) in [5.41, 5.74) is 5.02. The van der Waals surface area contributed by atoms with Gasteiger partial charge in [-0.2, -0.15) is 0 Å². The van der Waals surface area contributed by atoms with Crippen molar-refractivity contribution in [2.24, 2.45) is 0 Å². The molecule has 4 N–H and O–H groups in total. The summed E-state index contributed by atoms with van der Waals surface area (Å²) < 4.78 is 5.34. The van der Waals surface area contributed by atoms with Crippen molar-refractivity contribution >= 4 is 22.2 Å². The maximum absolute atomic E-state index is 12.9. The number of aryl methyl sites for hydroxylation is 1. The van der Waals surface area contributed by atoms with Crippen LogP contribution in [0.4, 0.5) is 5.00 Å². The van der Waals surface area contributed by atoms with Gasteiger partial charge >= 0.3 is 0 Å². The molecule has 1 atom stereocenters. The first-order valence-electron chi connectivity index (χ1n) is 12.2. The molecule has 3 aromatic heterocycles. The number of carbonyl (C=O) groups excluding carboxylic acids is 1. The number of aromatic nitrogens is 1. The van der Waals surface area contributed by atoms with Crippen LogP contribution < -0.4 is 20.1 Å². The third kappa shape index (κ3) is 5.22. The largest absolute Gasteiger partial charge is 0.459 e. The number of pyridine rings is 1. The molecule has 0 bridgehead atoms. The number of amides is 1. The summed E-state index contributed by atoms with van der Waals surface area (Å²) in [6, 6.07) is 20.6. The summed E-state index contributed by atoms with van der Waals surface area (Å²) in [5.74, 6) is 0.119. The Labute approximate surface area is 210 Å². The van der Waals surface area contributed by atoms with Gasteiger partial charge in [0.05, 0.1) is 11.8 Å². The lowest BCUT2D eigenvalue weighted by Crippen LogP contribution is -3.27. The molecule has 7 heteroatoms. The summed E-state index contributed by atoms with van der Waals surface area (Å²) in [6.07, 6.45) is 3.53. The van der Waals surface area contributed by atoms with Crippen molar-refractivity contribution < 1.29 is 24.0 Å². The van der Waals surface area contributed by atoms with Gasteiger partial charge in [-0.15, -0.1) is 11.3 Å². The van der Waals surface area contributed by atoms with Gasteiger partial charge in [-0.25, -0.2) is 4.98 Å². The number of hydrogen-bond acceptors (Lipinski definition) is 3. The molecule has 35 heavy (non-hydrogen) atoms. The predicted octanol–water partition coefficient (Wildman–Crippen LogP) is 2.10. The summed E-state index contributed by atoms with van der Waals surface area (Å²) >= 11 is 1.65. The van der Waals surface area contributed by atoms with Gasteiger partial charge < -0.3 is 19.5 Å². The highest BCUT2D eigenvalue weighted by Crippen LogP contribution is 2.37. The number of carbonyl (C=O) groups is 1. The van der Waals surface area contributed by atoms with Crippen molar-refractivity contribution in [3.05, 3.63) is 106 Å². The molecule has 1 amide bonds. The highest BCUT2D eigenvalue weighted by Gasteiger charge is 2.39. The van der Waals surface area contributed by atoms with E-state index >= 15 is 0 Å². The number of piperazine rings is 1. The molecule has 0 radical (unpaired) electrons. The van der Waals surface area contributed by atoms with Crippen molar-refractivity contribution in [2.45, 2.75) is 26.4 Å². The van der Waals surface area contributed by atoms with Gasteiger partial charge in [-0.1, -0.05) is 30.3 Å². The highest BCUT2D eigenvalue weighted by atomic mass is 32.1. The average Bonchev–Trinajstić information content (AvgIpc) is 3.52. The number of benzene rings is 1. The first-order chi connectivity index (χ1) is 17.1. The van der Waals surface area contributed by atoms with Crippen molar-refractivity contribution in [3.63, 3.8) is 0 Å². The van der Waals surface area contributed by atoms with E-state index in [1.165, 1.54) is 38.4 Å². The van der Waals surface area contributed by atoms with E-state index < -0.39 is 0 Å². The van der Waals surface area contributed by atoms with Crippen LogP contribution >= 0.6 is 11.3 Å². The first kappa shape index (κ1) is 23.5. The quantitative estimate of drug-likeness (QED) is 0.372. The number of hydrogen-bond donors (Lipinski definition) is 3. The van der Waals surface area contributed by atoms with Crippen LogP contribution in [0.5, 0.6) is 0 Å². The Morgan fingerprint density at radius 2 is 1.80 bits per heavy atom. The summed E-state index contributed by atoms with van der Waals surface area (Å²) in [5, 5.41) is 4.07. The minimum absolute atomic E-state index is 0.117. The molecule has 180 valence electrons. The molecule has 6 nitrogen and oxygen atoms in total. The molecule has 0 spiro atoms. The Morgan fingerprint density at radius 1 is 1.03 bits per heavy atom. The minimum atomic E-state index is -0.208. The van der Waals surface area contributed by atoms with Crippen molar-refractivity contribution in [1.82, 2.24) is 0 Å². The maximum Gasteiger partial charge on any atom is 0.291 e. The fourth-order valence-corrected chi connectivity index (χ4v) is 6.19. The Morgan fingerprint density at radius 3 is 2.49 bits per heavy atom. The number of H-pyrrole nitrogens is 1. The summed E-state index contributed by atoms with van der Waals surface area (Å²) in [7, 11) is 0. The monoisotopic (exact) mass is 489 g/mol. The average molecular weight is 490 g/mol. The van der Waals surface area contributed by atoms with Crippen LogP contribution in [0, 0.1) is 13.8 Å². The summed E-state index contributed by atoms with van der Waals surface area (Å²) in [4.78, 5) is 20.8. The van der Waals surface area contributed by atoms with Crippen molar-refractivity contribution in [3.8, 4) is 0 Å². The Bertz CT molecular complexity index is 1250. The number of thiophene rings is 1. The topological polar surface area (TPSA) is 65.3 Å². The Hall–Kier alpha value is -3.26. The molecule has 5 rings (SSSR count). The molecule has 1 aliphatic rings. The normalized spacial score (nSPS) is 18.8. The zero-order valence-electron chi connectivity index (χ0n) is 20.3. The second kappa shape index (κ2) is 10.6. The molecule has 1 saturated heterocycles. The van der Waals surface area contributed by atoms with E-state index in [9.17, 15) is 4.79 Å². The highest BCUT2D eigenvalue weighted by molar-refractivity contribution is 7.16. The van der Waals surface area contributed by atoms with Crippen LogP contribution in [0.25, 0.3) is 0 Å². The number of anilines is 1. The number of furan rings is 1. The molecule has 1 fully saturated rings. The van der Waals surface area contributed by atoms with Gasteiger partial charge in [0.1, 0.15) is 37.7 Å². The molecule has 1 aromatic carbocycles. The standard InChI is InChI=1S/C28H30N4O2S/c1-20-21(2)35-28(30-27(33)24-12-8-18-34-24)25(20)26(23-11-6-7-13-29-23)32-16-14-31(15-17-32)19-22-9-4-3-5-10-22/h3-13,18,26H,14-17,19H2,1-2H3,(H,30,33)/p+3. The van der Waals surface area contributed by atoms with Gasteiger partial charge in [-0.3, -0.25) is 4.79 Å². The van der Waals surface area contributed by atoms with Crippen LogP contribution in [0.2, 0.25) is 0 Å². The molecular weight excluding hydrogens is 456 g/mol. The zero-order chi connectivity index (χ0) is 24.2. The van der Waals surface area contributed by atoms with Gasteiger partial charge in [0.2, 0.25) is 11.7 Å². The van der Waals surface area contributed by atoms with Crippen molar-refractivity contribution in [2.75, 3.05) is 31.5 Å². The zero-order valence-corrected chi connectivity index (χ0v) is 21.1. The van der Waals surface area contributed by atoms with E-state index in [0.29, 0.717) is 5.76 Å².